The van der Waals surface area contributed by atoms with E-state index in [9.17, 15) is 9.59 Å². The van der Waals surface area contributed by atoms with Gasteiger partial charge in [-0.05, 0) is 62.0 Å². The third-order valence-electron chi connectivity index (χ3n) is 4.44. The number of rotatable bonds is 6. The van der Waals surface area contributed by atoms with Crippen LogP contribution < -0.4 is 5.32 Å². The van der Waals surface area contributed by atoms with E-state index in [1.165, 1.54) is 24.6 Å². The van der Waals surface area contributed by atoms with Crippen molar-refractivity contribution in [2.45, 2.75) is 32.2 Å². The van der Waals surface area contributed by atoms with Gasteiger partial charge in [0.15, 0.2) is 5.78 Å². The number of benzene rings is 1. The molecule has 1 aliphatic heterocycles. The highest BCUT2D eigenvalue weighted by atomic mass is 32.1. The normalized spacial score (nSPS) is 17.8. The van der Waals surface area contributed by atoms with E-state index in [1.807, 2.05) is 0 Å². The number of carbonyl (C=O) groups excluding carboxylic acids is 2. The molecule has 2 aromatic rings. The quantitative estimate of drug-likeness (QED) is 0.804. The number of Topliss-reactive ketones (excluding diaryl/α,β-unsaturated/α-hetero) is 1. The zero-order chi connectivity index (χ0) is 16.9. The Morgan fingerprint density at radius 1 is 1.25 bits per heavy atom. The third kappa shape index (κ3) is 4.10. The van der Waals surface area contributed by atoms with E-state index in [4.69, 9.17) is 0 Å². The lowest BCUT2D eigenvalue weighted by Crippen LogP contribution is -2.27. The van der Waals surface area contributed by atoms with E-state index >= 15 is 0 Å². The minimum Gasteiger partial charge on any atom is -0.326 e. The molecular weight excluding hydrogens is 320 g/mol. The monoisotopic (exact) mass is 342 g/mol. The summed E-state index contributed by atoms with van der Waals surface area (Å²) in [5, 5.41) is 5.02. The molecule has 1 N–H and O–H groups in total. The summed E-state index contributed by atoms with van der Waals surface area (Å²) in [5.41, 5.74) is 1.39. The second kappa shape index (κ2) is 7.73. The molecule has 0 saturated carbocycles. The maximum absolute atomic E-state index is 12.2. The Bertz CT molecular complexity index is 695. The van der Waals surface area contributed by atoms with E-state index in [-0.39, 0.29) is 11.7 Å². The second-order valence-electron chi connectivity index (χ2n) is 6.14. The number of carbonyl (C=O) groups is 2. The summed E-state index contributed by atoms with van der Waals surface area (Å²) in [4.78, 5) is 27.2. The summed E-state index contributed by atoms with van der Waals surface area (Å²) < 4.78 is 0. The van der Waals surface area contributed by atoms with Crippen LogP contribution in [-0.4, -0.2) is 29.7 Å². The van der Waals surface area contributed by atoms with Crippen LogP contribution in [0.5, 0.6) is 0 Å². The van der Waals surface area contributed by atoms with Crippen molar-refractivity contribution in [1.29, 1.82) is 0 Å². The van der Waals surface area contributed by atoms with Gasteiger partial charge in [-0.15, -0.1) is 11.3 Å². The van der Waals surface area contributed by atoms with E-state index in [2.05, 4.69) is 27.7 Å². The van der Waals surface area contributed by atoms with Gasteiger partial charge in [-0.2, -0.15) is 0 Å². The Morgan fingerprint density at radius 3 is 2.71 bits per heavy atom. The van der Waals surface area contributed by atoms with Crippen molar-refractivity contribution in [3.8, 4) is 0 Å². The molecule has 1 amide bonds. The van der Waals surface area contributed by atoms with Gasteiger partial charge >= 0.3 is 0 Å². The van der Waals surface area contributed by atoms with Gasteiger partial charge in [0, 0.05) is 35.1 Å². The molecule has 1 saturated heterocycles. The molecule has 0 spiro atoms. The standard InChI is InChI=1S/C19H22N2O2S/c1-14(22)15-6-8-16(9-7-15)20-19(23)10-12-21-11-2-4-17(21)18-5-3-13-24-18/h3,5-9,13,17H,2,4,10-12H2,1H3,(H,20,23). The summed E-state index contributed by atoms with van der Waals surface area (Å²) >= 11 is 1.79. The van der Waals surface area contributed by atoms with Gasteiger partial charge < -0.3 is 5.32 Å². The molecule has 1 aliphatic rings. The van der Waals surface area contributed by atoms with Crippen molar-refractivity contribution in [2.24, 2.45) is 0 Å². The molecule has 2 heterocycles. The van der Waals surface area contributed by atoms with E-state index in [0.29, 0.717) is 18.0 Å². The maximum atomic E-state index is 12.2. The van der Waals surface area contributed by atoms with Crippen LogP contribution in [0.3, 0.4) is 0 Å². The summed E-state index contributed by atoms with van der Waals surface area (Å²) in [6, 6.07) is 11.8. The number of likely N-dealkylation sites (tertiary alicyclic amines) is 1. The molecule has 1 unspecified atom stereocenters. The van der Waals surface area contributed by atoms with Gasteiger partial charge in [-0.1, -0.05) is 6.07 Å². The molecule has 5 heteroatoms. The van der Waals surface area contributed by atoms with Crippen molar-refractivity contribution in [3.05, 3.63) is 52.2 Å². The zero-order valence-electron chi connectivity index (χ0n) is 13.8. The number of hydrogen-bond acceptors (Lipinski definition) is 4. The van der Waals surface area contributed by atoms with Gasteiger partial charge in [0.05, 0.1) is 0 Å². The van der Waals surface area contributed by atoms with E-state index < -0.39 is 0 Å². The van der Waals surface area contributed by atoms with Gasteiger partial charge in [0.1, 0.15) is 0 Å². The number of ketones is 1. The predicted molar refractivity (Wildman–Crippen MR) is 97.6 cm³/mol. The Morgan fingerprint density at radius 2 is 2.04 bits per heavy atom. The average Bonchev–Trinajstić information content (AvgIpc) is 3.24. The highest BCUT2D eigenvalue weighted by Crippen LogP contribution is 2.34. The largest absolute Gasteiger partial charge is 0.326 e. The third-order valence-corrected chi connectivity index (χ3v) is 5.41. The van der Waals surface area contributed by atoms with Crippen LogP contribution in [0.2, 0.25) is 0 Å². The molecule has 24 heavy (non-hydrogen) atoms. The molecule has 1 aromatic carbocycles. The fraction of sp³-hybridized carbons (Fsp3) is 0.368. The Balaban J connectivity index is 1.51. The van der Waals surface area contributed by atoms with Crippen LogP contribution in [-0.2, 0) is 4.79 Å². The van der Waals surface area contributed by atoms with Gasteiger partial charge in [0.25, 0.3) is 0 Å². The fourth-order valence-corrected chi connectivity index (χ4v) is 4.05. The first kappa shape index (κ1) is 16.9. The lowest BCUT2D eigenvalue weighted by Gasteiger charge is -2.23. The van der Waals surface area contributed by atoms with Crippen LogP contribution >= 0.6 is 11.3 Å². The summed E-state index contributed by atoms with van der Waals surface area (Å²) in [5.74, 6) is 0.0453. The van der Waals surface area contributed by atoms with Crippen molar-refractivity contribution in [2.75, 3.05) is 18.4 Å². The minimum absolute atomic E-state index is 0.0161. The molecule has 3 rings (SSSR count). The smallest absolute Gasteiger partial charge is 0.225 e. The number of nitrogens with zero attached hydrogens (tertiary/aromatic N) is 1. The van der Waals surface area contributed by atoms with E-state index in [0.717, 1.165) is 18.8 Å². The minimum atomic E-state index is 0.0161. The first-order valence-corrected chi connectivity index (χ1v) is 9.20. The lowest BCUT2D eigenvalue weighted by atomic mass is 10.1. The van der Waals surface area contributed by atoms with Crippen LogP contribution in [0, 0.1) is 0 Å². The number of amides is 1. The topological polar surface area (TPSA) is 49.4 Å². The maximum Gasteiger partial charge on any atom is 0.225 e. The van der Waals surface area contributed by atoms with Gasteiger partial charge in [-0.25, -0.2) is 0 Å². The number of anilines is 1. The predicted octanol–water partition coefficient (Wildman–Crippen LogP) is 4.12. The average molecular weight is 342 g/mol. The SMILES string of the molecule is CC(=O)c1ccc(NC(=O)CCN2CCCC2c2cccs2)cc1. The molecule has 0 radical (unpaired) electrons. The molecule has 1 atom stereocenters. The van der Waals surface area contributed by atoms with E-state index in [1.54, 1.807) is 35.6 Å². The molecule has 0 aliphatic carbocycles. The summed E-state index contributed by atoms with van der Waals surface area (Å²) in [7, 11) is 0. The van der Waals surface area contributed by atoms with Crippen LogP contribution in [0.4, 0.5) is 5.69 Å². The molecule has 126 valence electrons. The highest BCUT2D eigenvalue weighted by molar-refractivity contribution is 7.10. The van der Waals surface area contributed by atoms with Crippen molar-refractivity contribution in [3.63, 3.8) is 0 Å². The molecule has 1 aromatic heterocycles. The first-order chi connectivity index (χ1) is 11.6. The van der Waals surface area contributed by atoms with Gasteiger partial charge in [-0.3, -0.25) is 14.5 Å². The Hall–Kier alpha value is -1.98. The van der Waals surface area contributed by atoms with Crippen molar-refractivity contribution in [1.82, 2.24) is 4.90 Å². The van der Waals surface area contributed by atoms with Gasteiger partial charge in [0.2, 0.25) is 5.91 Å². The summed E-state index contributed by atoms with van der Waals surface area (Å²) in [6.45, 7) is 3.37. The second-order valence-corrected chi connectivity index (χ2v) is 7.12. The highest BCUT2D eigenvalue weighted by Gasteiger charge is 2.26. The first-order valence-electron chi connectivity index (χ1n) is 8.32. The number of thiophene rings is 1. The number of hydrogen-bond donors (Lipinski definition) is 1. The zero-order valence-corrected chi connectivity index (χ0v) is 14.6. The van der Waals surface area contributed by atoms with Crippen LogP contribution in [0.15, 0.2) is 41.8 Å². The Kier molecular flexibility index (Phi) is 5.43. The molecule has 0 bridgehead atoms. The Labute approximate surface area is 146 Å². The molecular formula is C19H22N2O2S. The summed E-state index contributed by atoms with van der Waals surface area (Å²) in [6.07, 6.45) is 2.85. The number of nitrogens with one attached hydrogen (secondary N) is 1. The lowest BCUT2D eigenvalue weighted by molar-refractivity contribution is -0.116. The van der Waals surface area contributed by atoms with Crippen molar-refractivity contribution >= 4 is 28.7 Å². The molecule has 4 nitrogen and oxygen atoms in total. The van der Waals surface area contributed by atoms with Crippen molar-refractivity contribution < 1.29 is 9.59 Å². The van der Waals surface area contributed by atoms with Crippen LogP contribution in [0.25, 0.3) is 0 Å². The van der Waals surface area contributed by atoms with Crippen LogP contribution in [0.1, 0.15) is 47.5 Å². The molecule has 1 fully saturated rings. The fourth-order valence-electron chi connectivity index (χ4n) is 3.15.